The molecule has 0 aliphatic carbocycles. The van der Waals surface area contributed by atoms with Crippen LogP contribution in [0.4, 0.5) is 0 Å². The summed E-state index contributed by atoms with van der Waals surface area (Å²) < 4.78 is 32.3. The van der Waals surface area contributed by atoms with Crippen LogP contribution in [-0.4, -0.2) is 13.0 Å². The van der Waals surface area contributed by atoms with Crippen molar-refractivity contribution < 1.29 is 13.0 Å². The maximum absolute atomic E-state index is 11.5. The van der Waals surface area contributed by atoms with Crippen molar-refractivity contribution in [3.05, 3.63) is 29.3 Å². The first kappa shape index (κ1) is 22.2. The van der Waals surface area contributed by atoms with Gasteiger partial charge >= 0.3 is 0 Å². The Kier molecular flexibility index (Phi) is 10.4. The predicted molar refractivity (Wildman–Crippen MR) is 106 cm³/mol. The molecule has 1 rings (SSSR count). The monoisotopic (exact) mass is 368 g/mol. The number of hydrogen-bond donors (Lipinski definition) is 1. The molecule has 1 N–H and O–H groups in total. The first-order valence-electron chi connectivity index (χ1n) is 9.96. The summed E-state index contributed by atoms with van der Waals surface area (Å²) in [4.78, 5) is 0.0503. The fourth-order valence-corrected chi connectivity index (χ4v) is 4.09. The van der Waals surface area contributed by atoms with Crippen LogP contribution in [0.25, 0.3) is 0 Å². The molecule has 4 heteroatoms. The smallest absolute Gasteiger partial charge is 0.282 e. The van der Waals surface area contributed by atoms with Crippen LogP contribution in [-0.2, 0) is 16.5 Å². The highest BCUT2D eigenvalue weighted by molar-refractivity contribution is 7.85. The molecule has 0 radical (unpaired) electrons. The zero-order valence-corrected chi connectivity index (χ0v) is 17.1. The third-order valence-corrected chi connectivity index (χ3v) is 5.72. The third-order valence-electron chi connectivity index (χ3n) is 4.79. The molecule has 0 heterocycles. The fraction of sp³-hybridized carbons (Fsp3) is 0.714. The normalized spacial score (nSPS) is 12.0. The molecular weight excluding hydrogens is 332 g/mol. The van der Waals surface area contributed by atoms with Crippen LogP contribution in [0.15, 0.2) is 23.1 Å². The molecule has 0 amide bonds. The Morgan fingerprint density at radius 2 is 1.40 bits per heavy atom. The summed E-state index contributed by atoms with van der Waals surface area (Å²) in [5, 5.41) is 0. The van der Waals surface area contributed by atoms with Gasteiger partial charge in [-0.15, -0.1) is 0 Å². The van der Waals surface area contributed by atoms with Gasteiger partial charge in [0.15, 0.2) is 0 Å². The van der Waals surface area contributed by atoms with Crippen molar-refractivity contribution in [2.24, 2.45) is 0 Å². The Hall–Kier alpha value is -0.870. The average Bonchev–Trinajstić information content (AvgIpc) is 2.55. The van der Waals surface area contributed by atoms with Crippen LogP contribution in [0.5, 0.6) is 0 Å². The van der Waals surface area contributed by atoms with E-state index in [1.807, 2.05) is 26.0 Å². The van der Waals surface area contributed by atoms with Gasteiger partial charge in [-0.1, -0.05) is 90.7 Å². The van der Waals surface area contributed by atoms with Crippen LogP contribution < -0.4 is 0 Å². The second kappa shape index (κ2) is 11.7. The summed E-state index contributed by atoms with van der Waals surface area (Å²) in [5.74, 6) is 0.0737. The highest BCUT2D eigenvalue weighted by Crippen LogP contribution is 2.25. The highest BCUT2D eigenvalue weighted by atomic mass is 32.2. The average molecular weight is 369 g/mol. The molecule has 0 saturated heterocycles. The molecule has 0 unspecified atom stereocenters. The van der Waals surface area contributed by atoms with Gasteiger partial charge in [-0.2, -0.15) is 8.42 Å². The molecule has 0 aliphatic heterocycles. The SMILES string of the molecule is CCCCCCCCCCCCc1ccc(S(=O)(=O)O)c(C(C)C)c1. The molecular formula is C21H36O3S. The van der Waals surface area contributed by atoms with Gasteiger partial charge < -0.3 is 0 Å². The molecule has 0 saturated carbocycles. The van der Waals surface area contributed by atoms with E-state index in [1.165, 1.54) is 57.8 Å². The van der Waals surface area contributed by atoms with E-state index in [9.17, 15) is 13.0 Å². The molecule has 0 aliphatic rings. The van der Waals surface area contributed by atoms with Gasteiger partial charge in [0.25, 0.3) is 10.1 Å². The summed E-state index contributed by atoms with van der Waals surface area (Å²) in [6.07, 6.45) is 14.1. The first-order chi connectivity index (χ1) is 11.9. The van der Waals surface area contributed by atoms with E-state index < -0.39 is 10.1 Å². The summed E-state index contributed by atoms with van der Waals surface area (Å²) in [5.41, 5.74) is 1.88. The summed E-state index contributed by atoms with van der Waals surface area (Å²) in [6.45, 7) is 6.16. The Morgan fingerprint density at radius 1 is 0.880 bits per heavy atom. The molecule has 144 valence electrons. The van der Waals surface area contributed by atoms with Crippen molar-refractivity contribution in [2.45, 2.75) is 102 Å². The van der Waals surface area contributed by atoms with Crippen LogP contribution in [0.3, 0.4) is 0 Å². The summed E-state index contributed by atoms with van der Waals surface area (Å²) in [7, 11) is -4.14. The lowest BCUT2D eigenvalue weighted by atomic mass is 9.98. The minimum atomic E-state index is -4.14. The van der Waals surface area contributed by atoms with Crippen molar-refractivity contribution in [1.29, 1.82) is 0 Å². The number of aryl methyl sites for hydroxylation is 1. The van der Waals surface area contributed by atoms with Gasteiger partial charge in [-0.25, -0.2) is 0 Å². The van der Waals surface area contributed by atoms with Gasteiger partial charge in [-0.05, 0) is 36.0 Å². The maximum Gasteiger partial charge on any atom is 0.294 e. The number of rotatable bonds is 13. The maximum atomic E-state index is 11.5. The Bertz CT molecular complexity index is 591. The molecule has 1 aromatic rings. The largest absolute Gasteiger partial charge is 0.294 e. The minimum absolute atomic E-state index is 0.0503. The molecule has 25 heavy (non-hydrogen) atoms. The van der Waals surface area contributed by atoms with Crippen molar-refractivity contribution in [3.63, 3.8) is 0 Å². The Labute approximate surface area is 155 Å². The van der Waals surface area contributed by atoms with Crippen LogP contribution in [0, 0.1) is 0 Å². The number of unbranched alkanes of at least 4 members (excludes halogenated alkanes) is 9. The van der Waals surface area contributed by atoms with Crippen LogP contribution in [0.1, 0.15) is 102 Å². The molecule has 1 aromatic carbocycles. The fourth-order valence-electron chi connectivity index (χ4n) is 3.26. The van der Waals surface area contributed by atoms with Gasteiger partial charge in [0.2, 0.25) is 0 Å². The van der Waals surface area contributed by atoms with E-state index in [-0.39, 0.29) is 10.8 Å². The molecule has 0 fully saturated rings. The van der Waals surface area contributed by atoms with Crippen molar-refractivity contribution in [2.75, 3.05) is 0 Å². The van der Waals surface area contributed by atoms with E-state index in [0.29, 0.717) is 5.56 Å². The lowest BCUT2D eigenvalue weighted by Crippen LogP contribution is -2.05. The van der Waals surface area contributed by atoms with Crippen molar-refractivity contribution >= 4 is 10.1 Å². The molecule has 0 bridgehead atoms. The zero-order chi connectivity index (χ0) is 18.7. The molecule has 0 spiro atoms. The van der Waals surface area contributed by atoms with Gasteiger partial charge in [-0.3, -0.25) is 4.55 Å². The van der Waals surface area contributed by atoms with E-state index in [1.54, 1.807) is 6.07 Å². The second-order valence-corrected chi connectivity index (χ2v) is 8.82. The number of hydrogen-bond acceptors (Lipinski definition) is 2. The van der Waals surface area contributed by atoms with E-state index >= 15 is 0 Å². The standard InChI is InChI=1S/C21H36O3S/c1-4-5-6-7-8-9-10-11-12-13-14-19-15-16-21(25(22,23)24)20(17-19)18(2)3/h15-18H,4-14H2,1-3H3,(H,22,23,24). The van der Waals surface area contributed by atoms with Gasteiger partial charge in [0.1, 0.15) is 0 Å². The van der Waals surface area contributed by atoms with Crippen LogP contribution in [0.2, 0.25) is 0 Å². The van der Waals surface area contributed by atoms with Crippen molar-refractivity contribution in [1.82, 2.24) is 0 Å². The van der Waals surface area contributed by atoms with E-state index in [2.05, 4.69) is 6.92 Å². The highest BCUT2D eigenvalue weighted by Gasteiger charge is 2.17. The quantitative estimate of drug-likeness (QED) is 0.318. The van der Waals surface area contributed by atoms with Gasteiger partial charge in [0.05, 0.1) is 4.90 Å². The summed E-state index contributed by atoms with van der Waals surface area (Å²) in [6, 6.07) is 5.33. The number of benzene rings is 1. The zero-order valence-electron chi connectivity index (χ0n) is 16.3. The van der Waals surface area contributed by atoms with E-state index in [0.717, 1.165) is 18.4 Å². The second-order valence-electron chi connectivity index (χ2n) is 7.43. The van der Waals surface area contributed by atoms with Gasteiger partial charge in [0, 0.05) is 0 Å². The van der Waals surface area contributed by atoms with Crippen molar-refractivity contribution in [3.8, 4) is 0 Å². The predicted octanol–water partition coefficient (Wildman–Crippen LogP) is 6.52. The Balaban J connectivity index is 2.33. The third kappa shape index (κ3) is 8.87. The van der Waals surface area contributed by atoms with E-state index in [4.69, 9.17) is 0 Å². The van der Waals surface area contributed by atoms with Crippen LogP contribution >= 0.6 is 0 Å². The minimum Gasteiger partial charge on any atom is -0.282 e. The molecule has 3 nitrogen and oxygen atoms in total. The first-order valence-corrected chi connectivity index (χ1v) is 11.4. The lowest BCUT2D eigenvalue weighted by Gasteiger charge is -2.13. The summed E-state index contributed by atoms with van der Waals surface area (Å²) >= 11 is 0. The molecule has 0 atom stereocenters. The topological polar surface area (TPSA) is 54.4 Å². The Morgan fingerprint density at radius 3 is 1.88 bits per heavy atom. The molecule has 0 aromatic heterocycles. The lowest BCUT2D eigenvalue weighted by molar-refractivity contribution is 0.481.